The summed E-state index contributed by atoms with van der Waals surface area (Å²) in [4.78, 5) is 27.8. The highest BCUT2D eigenvalue weighted by molar-refractivity contribution is 9.10. The molecule has 0 aliphatic carbocycles. The van der Waals surface area contributed by atoms with Crippen molar-refractivity contribution in [2.45, 2.75) is 6.54 Å². The van der Waals surface area contributed by atoms with Crippen LogP contribution < -0.4 is 0 Å². The topological polar surface area (TPSA) is 124 Å². The number of aromatic nitrogens is 4. The average Bonchev–Trinajstić information content (AvgIpc) is 2.87. The first-order valence-corrected chi connectivity index (χ1v) is 6.07. The number of hydrogen-bond acceptors (Lipinski definition) is 7. The van der Waals surface area contributed by atoms with Crippen LogP contribution in [-0.2, 0) is 6.54 Å². The predicted octanol–water partition coefficient (Wildman–Crippen LogP) is 1.15. The highest BCUT2D eigenvalue weighted by Gasteiger charge is 2.20. The van der Waals surface area contributed by atoms with Crippen LogP contribution in [0, 0.1) is 10.1 Å². The van der Waals surface area contributed by atoms with Gasteiger partial charge < -0.3 is 15.2 Å². The van der Waals surface area contributed by atoms with Gasteiger partial charge in [0.15, 0.2) is 0 Å². The number of thiazole rings is 1. The minimum atomic E-state index is -1.12. The van der Waals surface area contributed by atoms with Crippen molar-refractivity contribution in [2.75, 3.05) is 0 Å². The molecular weight excluding hydrogens is 330 g/mol. The molecule has 1 N–H and O–H groups in total. The van der Waals surface area contributed by atoms with E-state index in [0.717, 1.165) is 11.3 Å². The molecule has 2 aromatic heterocycles. The lowest BCUT2D eigenvalue weighted by molar-refractivity contribution is -0.394. The molecule has 2 aromatic rings. The van der Waals surface area contributed by atoms with E-state index in [4.69, 9.17) is 5.11 Å². The second-order valence-corrected chi connectivity index (χ2v) is 4.61. The predicted molar refractivity (Wildman–Crippen MR) is 62.6 cm³/mol. The second kappa shape index (κ2) is 4.78. The lowest BCUT2D eigenvalue weighted by atomic mass is 10.5. The molecule has 0 saturated heterocycles. The molecule has 18 heavy (non-hydrogen) atoms. The molecule has 2 heterocycles. The summed E-state index contributed by atoms with van der Waals surface area (Å²) in [5, 5.41) is 24.3. The van der Waals surface area contributed by atoms with Crippen LogP contribution in [0.2, 0.25) is 0 Å². The highest BCUT2D eigenvalue weighted by Crippen LogP contribution is 2.16. The van der Waals surface area contributed by atoms with Gasteiger partial charge in [-0.1, -0.05) is 0 Å². The number of carbonyl (C=O) groups is 1. The smallest absolute Gasteiger partial charge is 0.476 e. The summed E-state index contributed by atoms with van der Waals surface area (Å²) in [6.45, 7) is 0.102. The zero-order valence-corrected chi connectivity index (χ0v) is 10.9. The summed E-state index contributed by atoms with van der Waals surface area (Å²) in [5.41, 5.74) is 0.442. The Morgan fingerprint density at radius 1 is 1.61 bits per heavy atom. The molecule has 0 amide bonds. The van der Waals surface area contributed by atoms with Crippen molar-refractivity contribution >= 4 is 39.2 Å². The van der Waals surface area contributed by atoms with Gasteiger partial charge in [-0.05, 0) is 9.91 Å². The Bertz CT molecular complexity index is 623. The molecular formula is C7H4BrN5O4S. The molecule has 0 fully saturated rings. The van der Waals surface area contributed by atoms with E-state index in [-0.39, 0.29) is 16.3 Å². The summed E-state index contributed by atoms with van der Waals surface area (Å²) >= 11 is 4.00. The van der Waals surface area contributed by atoms with E-state index in [1.807, 2.05) is 0 Å². The van der Waals surface area contributed by atoms with Crippen molar-refractivity contribution in [1.82, 2.24) is 19.7 Å². The third-order valence-corrected chi connectivity index (χ3v) is 3.29. The van der Waals surface area contributed by atoms with Crippen LogP contribution in [0.25, 0.3) is 0 Å². The summed E-state index contributed by atoms with van der Waals surface area (Å²) in [6.07, 6.45) is 0. The van der Waals surface area contributed by atoms with Crippen LogP contribution in [0.1, 0.15) is 15.5 Å². The fourth-order valence-corrected chi connectivity index (χ4v) is 2.13. The summed E-state index contributed by atoms with van der Waals surface area (Å²) in [7, 11) is 0. The summed E-state index contributed by atoms with van der Waals surface area (Å²) in [6, 6.07) is 0. The largest absolute Gasteiger partial charge is 0.492 e. The van der Waals surface area contributed by atoms with Gasteiger partial charge in [0, 0.05) is 26.4 Å². The first-order valence-electron chi connectivity index (χ1n) is 4.40. The number of nitrogens with zero attached hydrogens (tertiary/aromatic N) is 5. The van der Waals surface area contributed by atoms with Crippen LogP contribution in [0.5, 0.6) is 0 Å². The maximum Gasteiger partial charge on any atom is 0.492 e. The Hall–Kier alpha value is -1.88. The fourth-order valence-electron chi connectivity index (χ4n) is 1.12. The monoisotopic (exact) mass is 333 g/mol. The molecule has 0 spiro atoms. The van der Waals surface area contributed by atoms with Gasteiger partial charge in [-0.3, -0.25) is 0 Å². The molecule has 0 unspecified atom stereocenters. The van der Waals surface area contributed by atoms with Crippen molar-refractivity contribution in [3.8, 4) is 0 Å². The maximum atomic E-state index is 10.6. The molecule has 2 rings (SSSR count). The molecule has 0 bridgehead atoms. The Morgan fingerprint density at radius 3 is 2.83 bits per heavy atom. The number of hydrogen-bond donors (Lipinski definition) is 1. The minimum absolute atomic E-state index is 0.0456. The van der Waals surface area contributed by atoms with E-state index < -0.39 is 16.8 Å². The number of carboxylic acid groups (broad SMARTS) is 1. The third-order valence-electron chi connectivity index (χ3n) is 1.83. The van der Waals surface area contributed by atoms with E-state index in [0.29, 0.717) is 5.69 Å². The van der Waals surface area contributed by atoms with Gasteiger partial charge in [-0.25, -0.2) is 9.78 Å². The molecule has 0 saturated carbocycles. The normalized spacial score (nSPS) is 10.5. The molecule has 0 aromatic carbocycles. The van der Waals surface area contributed by atoms with Gasteiger partial charge in [0.05, 0.1) is 5.69 Å². The second-order valence-electron chi connectivity index (χ2n) is 3.04. The van der Waals surface area contributed by atoms with E-state index in [9.17, 15) is 14.9 Å². The van der Waals surface area contributed by atoms with E-state index >= 15 is 0 Å². The summed E-state index contributed by atoms with van der Waals surface area (Å²) < 4.78 is 1.40. The molecule has 0 aliphatic heterocycles. The van der Waals surface area contributed by atoms with Crippen LogP contribution in [0.15, 0.2) is 10.1 Å². The van der Waals surface area contributed by atoms with Crippen LogP contribution in [0.3, 0.4) is 0 Å². The van der Waals surface area contributed by atoms with Crippen LogP contribution in [0.4, 0.5) is 5.95 Å². The van der Waals surface area contributed by atoms with Gasteiger partial charge in [-0.2, -0.15) is 4.68 Å². The quantitative estimate of drug-likeness (QED) is 0.657. The van der Waals surface area contributed by atoms with Crippen molar-refractivity contribution < 1.29 is 14.8 Å². The molecule has 94 valence electrons. The SMILES string of the molecule is O=C(O)c1nc(Cn2nc([N+](=O)[O-])nc2Br)cs1. The van der Waals surface area contributed by atoms with Gasteiger partial charge in [0.25, 0.3) is 4.73 Å². The van der Waals surface area contributed by atoms with Crippen molar-refractivity contribution in [1.29, 1.82) is 0 Å². The summed E-state index contributed by atoms with van der Waals surface area (Å²) in [5.74, 6) is -1.65. The van der Waals surface area contributed by atoms with Gasteiger partial charge in [0.1, 0.15) is 6.54 Å². The first-order chi connectivity index (χ1) is 8.47. The van der Waals surface area contributed by atoms with E-state index in [2.05, 4.69) is 31.0 Å². The molecule has 9 nitrogen and oxygen atoms in total. The number of rotatable bonds is 4. The lowest BCUT2D eigenvalue weighted by Crippen LogP contribution is -2.04. The van der Waals surface area contributed by atoms with Gasteiger partial charge in [-0.15, -0.1) is 11.3 Å². The first kappa shape index (κ1) is 12.6. The molecule has 0 aliphatic rings. The van der Waals surface area contributed by atoms with Crippen molar-refractivity contribution in [3.63, 3.8) is 0 Å². The Balaban J connectivity index is 2.22. The van der Waals surface area contributed by atoms with Crippen LogP contribution >= 0.6 is 27.3 Å². The van der Waals surface area contributed by atoms with E-state index in [1.165, 1.54) is 4.68 Å². The molecule has 11 heteroatoms. The number of halogens is 1. The Labute approximate surface area is 111 Å². The molecule has 0 atom stereocenters. The third kappa shape index (κ3) is 2.51. The Morgan fingerprint density at radius 2 is 2.33 bits per heavy atom. The zero-order valence-electron chi connectivity index (χ0n) is 8.48. The number of aromatic carboxylic acids is 1. The minimum Gasteiger partial charge on any atom is -0.476 e. The standard InChI is InChI=1S/C7H4BrN5O4S/c8-6-10-7(13(16)17)11-12(6)1-3-2-18-4(9-3)5(14)15/h2H,1H2,(H,14,15). The van der Waals surface area contributed by atoms with E-state index in [1.54, 1.807) is 5.38 Å². The highest BCUT2D eigenvalue weighted by atomic mass is 79.9. The Kier molecular flexibility index (Phi) is 3.34. The molecule has 0 radical (unpaired) electrons. The fraction of sp³-hybridized carbons (Fsp3) is 0.143. The van der Waals surface area contributed by atoms with Crippen molar-refractivity contribution in [3.05, 3.63) is 30.9 Å². The van der Waals surface area contributed by atoms with Gasteiger partial charge >= 0.3 is 11.9 Å². The zero-order chi connectivity index (χ0) is 13.3. The lowest BCUT2D eigenvalue weighted by Gasteiger charge is -1.92. The number of nitro groups is 1. The van der Waals surface area contributed by atoms with Crippen LogP contribution in [-0.4, -0.2) is 35.7 Å². The van der Waals surface area contributed by atoms with Crippen molar-refractivity contribution in [2.24, 2.45) is 0 Å². The van der Waals surface area contributed by atoms with Gasteiger partial charge in [0.2, 0.25) is 5.01 Å². The number of carboxylic acids is 1. The maximum absolute atomic E-state index is 10.6. The average molecular weight is 334 g/mol.